The van der Waals surface area contributed by atoms with E-state index in [1.54, 1.807) is 0 Å². The summed E-state index contributed by atoms with van der Waals surface area (Å²) in [7, 11) is 0. The van der Waals surface area contributed by atoms with Crippen LogP contribution in [0.4, 0.5) is 4.39 Å². The van der Waals surface area contributed by atoms with Crippen LogP contribution in [0.25, 0.3) is 0 Å². The topological polar surface area (TPSA) is 20.2 Å². The first-order valence-corrected chi connectivity index (χ1v) is 2.16. The molecular formula is C6H4FO. The molecule has 0 unspecified atom stereocenters. The molecule has 0 aliphatic heterocycles. The lowest BCUT2D eigenvalue weighted by molar-refractivity contribution is 0.467. The first-order valence-electron chi connectivity index (χ1n) is 2.16. The number of aromatic hydroxyl groups is 1. The molecule has 1 rings (SSSR count). The highest BCUT2D eigenvalue weighted by Crippen LogP contribution is 2.06. The Morgan fingerprint density at radius 1 is 1.50 bits per heavy atom. The van der Waals surface area contributed by atoms with Crippen LogP contribution in [-0.2, 0) is 0 Å². The zero-order valence-electron chi connectivity index (χ0n) is 4.06. The Labute approximate surface area is 46.4 Å². The molecule has 8 heavy (non-hydrogen) atoms. The van der Waals surface area contributed by atoms with E-state index in [1.165, 1.54) is 18.2 Å². The van der Waals surface area contributed by atoms with E-state index in [1.807, 2.05) is 0 Å². The summed E-state index contributed by atoms with van der Waals surface area (Å²) in [6.45, 7) is 0. The third-order valence-electron chi connectivity index (χ3n) is 0.744. The highest BCUT2D eigenvalue weighted by Gasteiger charge is 1.88. The molecule has 0 bridgehead atoms. The first-order chi connectivity index (χ1) is 3.79. The molecule has 0 aromatic heterocycles. The zero-order chi connectivity index (χ0) is 5.98. The van der Waals surface area contributed by atoms with E-state index in [9.17, 15) is 4.39 Å². The van der Waals surface area contributed by atoms with Gasteiger partial charge in [0, 0.05) is 0 Å². The van der Waals surface area contributed by atoms with Crippen LogP contribution in [0, 0.1) is 11.9 Å². The van der Waals surface area contributed by atoms with Crippen LogP contribution in [-0.4, -0.2) is 5.11 Å². The van der Waals surface area contributed by atoms with Crippen LogP contribution in [0.3, 0.4) is 0 Å². The fourth-order valence-electron chi connectivity index (χ4n) is 0.429. The summed E-state index contributed by atoms with van der Waals surface area (Å²) in [5.74, 6) is -0.699. The minimum Gasteiger partial charge on any atom is -0.507 e. The molecule has 41 valence electrons. The summed E-state index contributed by atoms with van der Waals surface area (Å²) >= 11 is 0. The van der Waals surface area contributed by atoms with Gasteiger partial charge in [-0.1, -0.05) is 6.07 Å². The molecule has 0 aliphatic rings. The molecule has 0 fully saturated rings. The number of benzene rings is 1. The van der Waals surface area contributed by atoms with Crippen molar-refractivity contribution in [2.45, 2.75) is 0 Å². The van der Waals surface area contributed by atoms with E-state index in [-0.39, 0.29) is 5.75 Å². The van der Waals surface area contributed by atoms with Gasteiger partial charge in [-0.2, -0.15) is 0 Å². The average Bonchev–Trinajstić information content (AvgIpc) is 1.64. The quantitative estimate of drug-likeness (QED) is 0.535. The maximum absolute atomic E-state index is 12.0. The van der Waals surface area contributed by atoms with Crippen molar-refractivity contribution >= 4 is 0 Å². The van der Waals surface area contributed by atoms with Gasteiger partial charge in [0.1, 0.15) is 11.6 Å². The molecular weight excluding hydrogens is 107 g/mol. The number of phenolic OH excluding ortho intramolecular Hbond substituents is 1. The normalized spacial score (nSPS) is 9.12. The molecule has 1 aromatic carbocycles. The standard InChI is InChI=1S/C6H4FO/c7-5-2-1-3-6(8)4-5/h1-3,8H. The summed E-state index contributed by atoms with van der Waals surface area (Å²) in [6.07, 6.45) is 0. The summed E-state index contributed by atoms with van der Waals surface area (Å²) in [6, 6.07) is 6.06. The Hall–Kier alpha value is -1.05. The van der Waals surface area contributed by atoms with Gasteiger partial charge in [0.2, 0.25) is 0 Å². The Bertz CT molecular complexity index is 168. The Morgan fingerprint density at radius 2 is 2.25 bits per heavy atom. The van der Waals surface area contributed by atoms with Crippen LogP contribution < -0.4 is 0 Å². The highest BCUT2D eigenvalue weighted by atomic mass is 19.1. The summed E-state index contributed by atoms with van der Waals surface area (Å²) < 4.78 is 12.0. The molecule has 1 N–H and O–H groups in total. The van der Waals surface area contributed by atoms with Gasteiger partial charge >= 0.3 is 0 Å². The number of hydrogen-bond donors (Lipinski definition) is 1. The number of hydrogen-bond acceptors (Lipinski definition) is 1. The lowest BCUT2D eigenvalue weighted by Gasteiger charge is -1.85. The van der Waals surface area contributed by atoms with E-state index in [2.05, 4.69) is 6.07 Å². The van der Waals surface area contributed by atoms with E-state index >= 15 is 0 Å². The molecule has 0 aliphatic carbocycles. The second-order valence-electron chi connectivity index (χ2n) is 1.38. The molecule has 0 heterocycles. The van der Waals surface area contributed by atoms with Gasteiger partial charge in [0.25, 0.3) is 0 Å². The van der Waals surface area contributed by atoms with Crippen LogP contribution in [0.15, 0.2) is 18.2 Å². The van der Waals surface area contributed by atoms with Gasteiger partial charge in [-0.3, -0.25) is 0 Å². The smallest absolute Gasteiger partial charge is 0.134 e. The minimum absolute atomic E-state index is 0.162. The third kappa shape index (κ3) is 0.964. The molecule has 0 atom stereocenters. The number of halogens is 1. The van der Waals surface area contributed by atoms with Crippen LogP contribution >= 0.6 is 0 Å². The predicted molar refractivity (Wildman–Crippen MR) is 26.9 cm³/mol. The lowest BCUT2D eigenvalue weighted by atomic mass is 10.3. The third-order valence-corrected chi connectivity index (χ3v) is 0.744. The average molecular weight is 111 g/mol. The monoisotopic (exact) mass is 111 g/mol. The molecule has 2 heteroatoms. The molecule has 0 saturated heterocycles. The van der Waals surface area contributed by atoms with Gasteiger partial charge in [-0.15, -0.1) is 0 Å². The molecule has 1 aromatic rings. The van der Waals surface area contributed by atoms with E-state index in [0.29, 0.717) is 0 Å². The number of phenols is 1. The Balaban J connectivity index is 3.08. The van der Waals surface area contributed by atoms with E-state index in [4.69, 9.17) is 5.11 Å². The minimum atomic E-state index is -0.537. The first kappa shape index (κ1) is 5.09. The predicted octanol–water partition coefficient (Wildman–Crippen LogP) is 1.33. The van der Waals surface area contributed by atoms with Crippen LogP contribution in [0.5, 0.6) is 5.75 Å². The number of rotatable bonds is 0. The summed E-state index contributed by atoms with van der Waals surface area (Å²) in [5, 5.41) is 8.52. The van der Waals surface area contributed by atoms with Crippen molar-refractivity contribution in [2.24, 2.45) is 0 Å². The maximum atomic E-state index is 12.0. The van der Waals surface area contributed by atoms with E-state index < -0.39 is 5.82 Å². The van der Waals surface area contributed by atoms with Gasteiger partial charge < -0.3 is 5.11 Å². The zero-order valence-corrected chi connectivity index (χ0v) is 4.06. The summed E-state index contributed by atoms with van der Waals surface area (Å²) in [5.41, 5.74) is 0. The molecule has 0 amide bonds. The van der Waals surface area contributed by atoms with Crippen molar-refractivity contribution in [2.75, 3.05) is 0 Å². The van der Waals surface area contributed by atoms with Crippen molar-refractivity contribution in [3.05, 3.63) is 30.1 Å². The van der Waals surface area contributed by atoms with Crippen molar-refractivity contribution in [3.63, 3.8) is 0 Å². The molecule has 1 radical (unpaired) electrons. The van der Waals surface area contributed by atoms with Gasteiger partial charge in [-0.25, -0.2) is 4.39 Å². The second kappa shape index (κ2) is 1.82. The van der Waals surface area contributed by atoms with Crippen molar-refractivity contribution in [1.29, 1.82) is 0 Å². The van der Waals surface area contributed by atoms with Crippen LogP contribution in [0.2, 0.25) is 0 Å². The molecule has 1 nitrogen and oxygen atoms in total. The maximum Gasteiger partial charge on any atom is 0.134 e. The van der Waals surface area contributed by atoms with Crippen molar-refractivity contribution in [1.82, 2.24) is 0 Å². The van der Waals surface area contributed by atoms with Gasteiger partial charge in [0.05, 0.1) is 6.07 Å². The molecule has 0 saturated carbocycles. The van der Waals surface area contributed by atoms with Crippen molar-refractivity contribution in [3.8, 4) is 5.75 Å². The lowest BCUT2D eigenvalue weighted by Crippen LogP contribution is -1.69. The van der Waals surface area contributed by atoms with Gasteiger partial charge in [-0.05, 0) is 12.1 Å². The fraction of sp³-hybridized carbons (Fsp3) is 0. The Kier molecular flexibility index (Phi) is 1.16. The second-order valence-corrected chi connectivity index (χ2v) is 1.38. The van der Waals surface area contributed by atoms with Gasteiger partial charge in [0.15, 0.2) is 0 Å². The van der Waals surface area contributed by atoms with E-state index in [0.717, 1.165) is 0 Å². The molecule has 0 spiro atoms. The Morgan fingerprint density at radius 3 is 2.62 bits per heavy atom. The van der Waals surface area contributed by atoms with Crippen LogP contribution in [0.1, 0.15) is 0 Å². The fourth-order valence-corrected chi connectivity index (χ4v) is 0.429. The summed E-state index contributed by atoms with van der Waals surface area (Å²) in [4.78, 5) is 0. The highest BCUT2D eigenvalue weighted by molar-refractivity contribution is 5.18. The largest absolute Gasteiger partial charge is 0.507 e. The SMILES string of the molecule is Oc1[c]c(F)ccc1. The van der Waals surface area contributed by atoms with Crippen molar-refractivity contribution < 1.29 is 9.50 Å².